The number of amides is 1. The smallest absolute Gasteiger partial charge is 0.287 e. The lowest BCUT2D eigenvalue weighted by Gasteiger charge is -2.38. The Morgan fingerprint density at radius 3 is 3.24 bits per heavy atom. The minimum Gasteiger partial charge on any atom is -0.344 e. The molecule has 4 atom stereocenters. The summed E-state index contributed by atoms with van der Waals surface area (Å²) in [5.41, 5.74) is 1.46. The number of nitrogens with zero attached hydrogens (tertiary/aromatic N) is 2. The Bertz CT molecular complexity index is 680. The van der Waals surface area contributed by atoms with Crippen LogP contribution < -0.4 is 10.6 Å². The zero-order valence-electron chi connectivity index (χ0n) is 11.7. The number of hydrogen-bond acceptors (Lipinski definition) is 3. The monoisotopic (exact) mass is 282 g/mol. The van der Waals surface area contributed by atoms with Crippen LogP contribution in [0.2, 0.25) is 0 Å². The number of aromatic nitrogens is 2. The van der Waals surface area contributed by atoms with Gasteiger partial charge in [0.2, 0.25) is 0 Å². The second-order valence-corrected chi connectivity index (χ2v) is 6.45. The van der Waals surface area contributed by atoms with Crippen molar-refractivity contribution in [2.24, 2.45) is 5.92 Å². The van der Waals surface area contributed by atoms with E-state index < -0.39 is 0 Å². The highest BCUT2D eigenvalue weighted by atomic mass is 16.2. The molecule has 0 radical (unpaired) electrons. The first kappa shape index (κ1) is 11.7. The molecule has 1 amide bonds. The van der Waals surface area contributed by atoms with E-state index in [-0.39, 0.29) is 23.5 Å². The van der Waals surface area contributed by atoms with Crippen LogP contribution in [-0.2, 0) is 0 Å². The van der Waals surface area contributed by atoms with Crippen molar-refractivity contribution >= 4 is 5.91 Å². The van der Waals surface area contributed by atoms with Gasteiger partial charge in [-0.1, -0.05) is 18.2 Å². The first-order valence-corrected chi connectivity index (χ1v) is 7.77. The second-order valence-electron chi connectivity index (χ2n) is 6.45. The Kier molecular flexibility index (Phi) is 2.16. The van der Waals surface area contributed by atoms with E-state index in [4.69, 9.17) is 0 Å². The molecule has 2 fully saturated rings. The standard InChI is InChI=1S/C16H18N4O/c21-15-14-17-8-9-20(14)13-12(19-15)10-4-1-2-5-11(10)16(13)6-3-7-18-16/h1,4-5,8-10,12-13,18H,2-3,6-7H2,(H,19,21). The van der Waals surface area contributed by atoms with Gasteiger partial charge in [0.1, 0.15) is 0 Å². The van der Waals surface area contributed by atoms with Crippen LogP contribution in [-0.4, -0.2) is 33.6 Å². The molecule has 4 aliphatic rings. The maximum atomic E-state index is 12.3. The van der Waals surface area contributed by atoms with Crippen LogP contribution in [0.15, 0.2) is 36.2 Å². The summed E-state index contributed by atoms with van der Waals surface area (Å²) in [7, 11) is 0. The van der Waals surface area contributed by atoms with Crippen LogP contribution in [0.5, 0.6) is 0 Å². The summed E-state index contributed by atoms with van der Waals surface area (Å²) in [5, 5.41) is 6.99. The number of fused-ring (bicyclic) bond motifs is 7. The van der Waals surface area contributed by atoms with E-state index in [0.29, 0.717) is 11.7 Å². The van der Waals surface area contributed by atoms with Gasteiger partial charge in [0.15, 0.2) is 5.82 Å². The Balaban J connectivity index is 1.75. The molecular formula is C16H18N4O. The molecule has 0 aromatic carbocycles. The van der Waals surface area contributed by atoms with Crippen molar-refractivity contribution in [3.8, 4) is 0 Å². The predicted molar refractivity (Wildman–Crippen MR) is 77.8 cm³/mol. The van der Waals surface area contributed by atoms with Crippen LogP contribution in [0.3, 0.4) is 0 Å². The van der Waals surface area contributed by atoms with Crippen LogP contribution in [0.25, 0.3) is 0 Å². The Hall–Kier alpha value is -1.88. The Morgan fingerprint density at radius 1 is 1.43 bits per heavy atom. The van der Waals surface area contributed by atoms with Gasteiger partial charge in [-0.2, -0.15) is 0 Å². The molecule has 5 heteroatoms. The van der Waals surface area contributed by atoms with E-state index in [1.807, 2.05) is 6.20 Å². The molecule has 0 bridgehead atoms. The average molecular weight is 282 g/mol. The zero-order chi connectivity index (χ0) is 14.0. The molecule has 4 unspecified atom stereocenters. The van der Waals surface area contributed by atoms with Gasteiger partial charge >= 0.3 is 0 Å². The molecule has 108 valence electrons. The van der Waals surface area contributed by atoms with Crippen molar-refractivity contribution in [2.45, 2.75) is 36.9 Å². The fourth-order valence-corrected chi connectivity index (χ4v) is 4.90. The number of carbonyl (C=O) groups is 1. The lowest BCUT2D eigenvalue weighted by molar-refractivity contribution is 0.0854. The van der Waals surface area contributed by atoms with E-state index in [0.717, 1.165) is 19.4 Å². The van der Waals surface area contributed by atoms with E-state index >= 15 is 0 Å². The van der Waals surface area contributed by atoms with Gasteiger partial charge in [-0.3, -0.25) is 4.79 Å². The largest absolute Gasteiger partial charge is 0.344 e. The molecule has 1 aromatic heterocycles. The normalized spacial score (nSPS) is 39.7. The molecule has 1 saturated heterocycles. The van der Waals surface area contributed by atoms with Crippen molar-refractivity contribution in [1.82, 2.24) is 20.2 Å². The van der Waals surface area contributed by atoms with Gasteiger partial charge in [-0.25, -0.2) is 4.98 Å². The molecule has 2 aliphatic carbocycles. The summed E-state index contributed by atoms with van der Waals surface area (Å²) in [6.45, 7) is 1.05. The van der Waals surface area contributed by atoms with Crippen LogP contribution in [0.1, 0.15) is 35.9 Å². The van der Waals surface area contributed by atoms with Crippen LogP contribution >= 0.6 is 0 Å². The molecule has 1 aromatic rings. The number of allylic oxidation sites excluding steroid dienone is 2. The summed E-state index contributed by atoms with van der Waals surface area (Å²) in [5.74, 6) is 0.816. The summed E-state index contributed by atoms with van der Waals surface area (Å²) in [4.78, 5) is 16.6. The summed E-state index contributed by atoms with van der Waals surface area (Å²) in [6, 6.07) is 0.363. The molecule has 21 heavy (non-hydrogen) atoms. The molecule has 5 rings (SSSR count). The molecule has 3 heterocycles. The van der Waals surface area contributed by atoms with Gasteiger partial charge in [-0.05, 0) is 31.4 Å². The fourth-order valence-electron chi connectivity index (χ4n) is 4.90. The molecule has 5 nitrogen and oxygen atoms in total. The lowest BCUT2D eigenvalue weighted by Crippen LogP contribution is -2.55. The van der Waals surface area contributed by atoms with Gasteiger partial charge in [0.25, 0.3) is 5.91 Å². The van der Waals surface area contributed by atoms with Crippen molar-refractivity contribution in [2.75, 3.05) is 6.54 Å². The van der Waals surface area contributed by atoms with E-state index in [1.165, 1.54) is 12.0 Å². The summed E-state index contributed by atoms with van der Waals surface area (Å²) >= 11 is 0. The maximum absolute atomic E-state index is 12.3. The number of imidazole rings is 1. The second kappa shape index (κ2) is 3.85. The van der Waals surface area contributed by atoms with Crippen molar-refractivity contribution in [3.63, 3.8) is 0 Å². The van der Waals surface area contributed by atoms with Gasteiger partial charge in [-0.15, -0.1) is 0 Å². The van der Waals surface area contributed by atoms with E-state index in [9.17, 15) is 4.79 Å². The molecule has 2 N–H and O–H groups in total. The maximum Gasteiger partial charge on any atom is 0.287 e. The number of hydrogen-bond donors (Lipinski definition) is 2. The highest BCUT2D eigenvalue weighted by molar-refractivity contribution is 5.92. The first-order chi connectivity index (χ1) is 10.3. The molecule has 2 aliphatic heterocycles. The van der Waals surface area contributed by atoms with Crippen molar-refractivity contribution < 1.29 is 4.79 Å². The topological polar surface area (TPSA) is 59.0 Å². The third kappa shape index (κ3) is 1.30. The van der Waals surface area contributed by atoms with Crippen LogP contribution in [0, 0.1) is 5.92 Å². The third-order valence-corrected chi connectivity index (χ3v) is 5.58. The fraction of sp³-hybridized carbons (Fsp3) is 0.500. The van der Waals surface area contributed by atoms with Crippen LogP contribution in [0.4, 0.5) is 0 Å². The zero-order valence-corrected chi connectivity index (χ0v) is 11.7. The minimum atomic E-state index is -0.0466. The first-order valence-electron chi connectivity index (χ1n) is 7.77. The SMILES string of the molecule is O=C1NC2C3C=CCC=C3C3(CCCN3)C2n2ccnc21. The predicted octanol–water partition coefficient (Wildman–Crippen LogP) is 1.17. The number of carbonyl (C=O) groups excluding carboxylic acids is 1. The van der Waals surface area contributed by atoms with Gasteiger partial charge in [0, 0.05) is 18.3 Å². The van der Waals surface area contributed by atoms with E-state index in [2.05, 4.69) is 38.4 Å². The highest BCUT2D eigenvalue weighted by Crippen LogP contribution is 2.54. The number of nitrogens with one attached hydrogen (secondary N) is 2. The minimum absolute atomic E-state index is 0.0107. The highest BCUT2D eigenvalue weighted by Gasteiger charge is 2.60. The van der Waals surface area contributed by atoms with Crippen molar-refractivity contribution in [1.29, 1.82) is 0 Å². The Labute approximate surface area is 123 Å². The quantitative estimate of drug-likeness (QED) is 0.702. The van der Waals surface area contributed by atoms with Crippen molar-refractivity contribution in [3.05, 3.63) is 42.0 Å². The summed E-state index contributed by atoms with van der Waals surface area (Å²) < 4.78 is 2.11. The Morgan fingerprint density at radius 2 is 2.38 bits per heavy atom. The molecule has 1 spiro atoms. The number of rotatable bonds is 0. The van der Waals surface area contributed by atoms with Gasteiger partial charge in [0.05, 0.1) is 17.6 Å². The van der Waals surface area contributed by atoms with E-state index in [1.54, 1.807) is 6.20 Å². The van der Waals surface area contributed by atoms with Gasteiger partial charge < -0.3 is 15.2 Å². The summed E-state index contributed by atoms with van der Waals surface area (Å²) in [6.07, 6.45) is 13.9. The lowest BCUT2D eigenvalue weighted by atomic mass is 9.83. The average Bonchev–Trinajstić information content (AvgIpc) is 3.21. The molecular weight excluding hydrogens is 264 g/mol. The molecule has 1 saturated carbocycles. The third-order valence-electron chi connectivity index (χ3n) is 5.58.